The van der Waals surface area contributed by atoms with Crippen LogP contribution in [0.5, 0.6) is 0 Å². The zero-order valence-corrected chi connectivity index (χ0v) is 14.5. The van der Waals surface area contributed by atoms with Crippen LogP contribution >= 0.6 is 38.6 Å². The monoisotopic (exact) mass is 383 g/mol. The molecule has 0 atom stereocenters. The van der Waals surface area contributed by atoms with E-state index in [0.29, 0.717) is 5.95 Å². The molecule has 4 N–H and O–H groups in total. The van der Waals surface area contributed by atoms with Crippen LogP contribution in [-0.2, 0) is 13.0 Å². The number of hydrogen-bond acceptors (Lipinski definition) is 7. The predicted octanol–water partition coefficient (Wildman–Crippen LogP) is 3.98. The van der Waals surface area contributed by atoms with Gasteiger partial charge in [0, 0.05) is 9.75 Å². The van der Waals surface area contributed by atoms with Crippen molar-refractivity contribution in [2.24, 2.45) is 5.84 Å². The van der Waals surface area contributed by atoms with E-state index in [0.717, 1.165) is 32.8 Å². The first kappa shape index (κ1) is 14.7. The quantitative estimate of drug-likeness (QED) is 0.458. The Morgan fingerprint density at radius 1 is 1.24 bits per heavy atom. The zero-order valence-electron chi connectivity index (χ0n) is 11.3. The maximum absolute atomic E-state index is 5.46. The molecule has 0 saturated heterocycles. The summed E-state index contributed by atoms with van der Waals surface area (Å²) in [5, 5.41) is 4.43. The van der Waals surface area contributed by atoms with Crippen LogP contribution in [0.3, 0.4) is 0 Å². The number of rotatable bonds is 5. The summed E-state index contributed by atoms with van der Waals surface area (Å²) in [4.78, 5) is 12.3. The van der Waals surface area contributed by atoms with Crippen molar-refractivity contribution in [1.82, 2.24) is 9.97 Å². The average Bonchev–Trinajstić information content (AvgIpc) is 3.10. The summed E-state index contributed by atoms with van der Waals surface area (Å²) in [7, 11) is 0. The highest BCUT2D eigenvalue weighted by Crippen LogP contribution is 2.31. The maximum atomic E-state index is 5.46. The Morgan fingerprint density at radius 2 is 2.10 bits per heavy atom. The van der Waals surface area contributed by atoms with Crippen molar-refractivity contribution in [2.45, 2.75) is 19.9 Å². The summed E-state index contributed by atoms with van der Waals surface area (Å²) >= 11 is 6.85. The van der Waals surface area contributed by atoms with Gasteiger partial charge in [-0.3, -0.25) is 5.43 Å². The first-order valence-corrected chi connectivity index (χ1v) is 8.87. The Kier molecular flexibility index (Phi) is 4.39. The molecule has 0 amide bonds. The second-order valence-electron chi connectivity index (χ2n) is 4.38. The Hall–Kier alpha value is -1.22. The van der Waals surface area contributed by atoms with E-state index in [2.05, 4.69) is 55.7 Å². The average molecular weight is 384 g/mol. The van der Waals surface area contributed by atoms with Crippen LogP contribution in [0.4, 0.5) is 11.8 Å². The molecular formula is C13H14BrN5S2. The van der Waals surface area contributed by atoms with E-state index >= 15 is 0 Å². The lowest BCUT2D eigenvalue weighted by Crippen LogP contribution is -2.11. The van der Waals surface area contributed by atoms with Crippen LogP contribution in [-0.4, -0.2) is 9.97 Å². The van der Waals surface area contributed by atoms with Crippen molar-refractivity contribution in [1.29, 1.82) is 0 Å². The van der Waals surface area contributed by atoms with Crippen molar-refractivity contribution in [3.8, 4) is 0 Å². The molecule has 0 aliphatic heterocycles. The van der Waals surface area contributed by atoms with Gasteiger partial charge in [0.05, 0.1) is 15.7 Å². The van der Waals surface area contributed by atoms with Gasteiger partial charge >= 0.3 is 0 Å². The van der Waals surface area contributed by atoms with E-state index in [1.165, 1.54) is 9.75 Å². The second-order valence-corrected chi connectivity index (χ2v) is 8.05. The molecule has 0 spiro atoms. The number of aryl methyl sites for hydroxylation is 1. The van der Waals surface area contributed by atoms with Gasteiger partial charge in [-0.05, 0) is 40.5 Å². The van der Waals surface area contributed by atoms with E-state index in [1.807, 2.05) is 6.07 Å². The lowest BCUT2D eigenvalue weighted by atomic mass is 10.3. The maximum Gasteiger partial charge on any atom is 0.240 e. The van der Waals surface area contributed by atoms with E-state index in [4.69, 9.17) is 5.84 Å². The summed E-state index contributed by atoms with van der Waals surface area (Å²) in [6, 6.07) is 6.28. The minimum atomic E-state index is 0.432. The number of nitrogens with one attached hydrogen (secondary N) is 2. The standard InChI is InChI=1S/C13H14BrN5S2/c1-2-7-5-9-11(16-6-8-3-4-10(14)20-8)17-13(19-15)18-12(9)21-7/h3-5H,2,6,15H2,1H3,(H2,16,17,18,19). The van der Waals surface area contributed by atoms with Gasteiger partial charge in [-0.15, -0.1) is 22.7 Å². The number of hydrogen-bond donors (Lipinski definition) is 3. The fourth-order valence-electron chi connectivity index (χ4n) is 1.96. The summed E-state index contributed by atoms with van der Waals surface area (Å²) < 4.78 is 1.13. The molecule has 3 aromatic heterocycles. The molecule has 0 unspecified atom stereocenters. The highest BCUT2D eigenvalue weighted by Gasteiger charge is 2.11. The summed E-state index contributed by atoms with van der Waals surface area (Å²) in [5.74, 6) is 6.70. The third-order valence-electron chi connectivity index (χ3n) is 2.98. The topological polar surface area (TPSA) is 75.9 Å². The lowest BCUT2D eigenvalue weighted by Gasteiger charge is -2.07. The lowest BCUT2D eigenvalue weighted by molar-refractivity contribution is 1.11. The van der Waals surface area contributed by atoms with E-state index in [-0.39, 0.29) is 0 Å². The smallest absolute Gasteiger partial charge is 0.240 e. The Bertz CT molecular complexity index is 767. The number of anilines is 2. The van der Waals surface area contributed by atoms with Gasteiger partial charge in [-0.1, -0.05) is 6.92 Å². The van der Waals surface area contributed by atoms with E-state index in [9.17, 15) is 0 Å². The second kappa shape index (κ2) is 6.27. The molecule has 5 nitrogen and oxygen atoms in total. The SMILES string of the molecule is CCc1cc2c(NCc3ccc(Br)s3)nc(NN)nc2s1. The van der Waals surface area contributed by atoms with Crippen LogP contribution in [0.15, 0.2) is 22.0 Å². The highest BCUT2D eigenvalue weighted by atomic mass is 79.9. The van der Waals surface area contributed by atoms with Gasteiger partial charge in [0.15, 0.2) is 0 Å². The third kappa shape index (κ3) is 3.18. The van der Waals surface area contributed by atoms with Crippen molar-refractivity contribution in [3.63, 3.8) is 0 Å². The van der Waals surface area contributed by atoms with Crippen molar-refractivity contribution in [3.05, 3.63) is 31.7 Å². The molecular weight excluding hydrogens is 370 g/mol. The Balaban J connectivity index is 1.93. The molecule has 0 aromatic carbocycles. The normalized spacial score (nSPS) is 11.0. The number of thiophene rings is 2. The summed E-state index contributed by atoms with van der Waals surface area (Å²) in [5.41, 5.74) is 2.53. The molecule has 0 radical (unpaired) electrons. The number of halogens is 1. The number of nitrogen functional groups attached to an aromatic ring is 1. The molecule has 3 aromatic rings. The summed E-state index contributed by atoms with van der Waals surface area (Å²) in [6.45, 7) is 2.86. The van der Waals surface area contributed by atoms with Gasteiger partial charge < -0.3 is 5.32 Å². The zero-order chi connectivity index (χ0) is 14.8. The first-order valence-electron chi connectivity index (χ1n) is 6.44. The number of fused-ring (bicyclic) bond motifs is 1. The number of nitrogens with zero attached hydrogens (tertiary/aromatic N) is 2. The Labute approximate surface area is 138 Å². The third-order valence-corrected chi connectivity index (χ3v) is 5.78. The van der Waals surface area contributed by atoms with Crippen molar-refractivity contribution in [2.75, 3.05) is 10.7 Å². The van der Waals surface area contributed by atoms with Gasteiger partial charge in [-0.2, -0.15) is 4.98 Å². The van der Waals surface area contributed by atoms with E-state index < -0.39 is 0 Å². The number of hydrazine groups is 1. The minimum absolute atomic E-state index is 0.432. The van der Waals surface area contributed by atoms with Crippen molar-refractivity contribution >= 4 is 60.6 Å². The largest absolute Gasteiger partial charge is 0.364 e. The molecule has 0 aliphatic carbocycles. The van der Waals surface area contributed by atoms with Gasteiger partial charge in [-0.25, -0.2) is 10.8 Å². The van der Waals surface area contributed by atoms with Crippen LogP contribution < -0.4 is 16.6 Å². The molecule has 3 heterocycles. The molecule has 8 heteroatoms. The molecule has 3 rings (SSSR count). The van der Waals surface area contributed by atoms with Crippen LogP contribution in [0.2, 0.25) is 0 Å². The molecule has 0 saturated carbocycles. The van der Waals surface area contributed by atoms with E-state index in [1.54, 1.807) is 22.7 Å². The van der Waals surface area contributed by atoms with Gasteiger partial charge in [0.2, 0.25) is 5.95 Å². The summed E-state index contributed by atoms with van der Waals surface area (Å²) in [6.07, 6.45) is 0.990. The molecule has 21 heavy (non-hydrogen) atoms. The molecule has 0 bridgehead atoms. The van der Waals surface area contributed by atoms with Gasteiger partial charge in [0.1, 0.15) is 10.6 Å². The minimum Gasteiger partial charge on any atom is -0.364 e. The van der Waals surface area contributed by atoms with Gasteiger partial charge in [0.25, 0.3) is 0 Å². The Morgan fingerprint density at radius 3 is 2.76 bits per heavy atom. The number of aromatic nitrogens is 2. The molecule has 0 aliphatic rings. The fraction of sp³-hybridized carbons (Fsp3) is 0.231. The highest BCUT2D eigenvalue weighted by molar-refractivity contribution is 9.11. The molecule has 110 valence electrons. The number of nitrogens with two attached hydrogens (primary N) is 1. The van der Waals surface area contributed by atoms with Crippen LogP contribution in [0.1, 0.15) is 16.7 Å². The van der Waals surface area contributed by atoms with Crippen LogP contribution in [0.25, 0.3) is 10.2 Å². The first-order chi connectivity index (χ1) is 10.2. The van der Waals surface area contributed by atoms with Crippen molar-refractivity contribution < 1.29 is 0 Å². The predicted molar refractivity (Wildman–Crippen MR) is 93.9 cm³/mol. The molecule has 0 fully saturated rings. The fourth-order valence-corrected chi connectivity index (χ4v) is 4.35. The van der Waals surface area contributed by atoms with Crippen LogP contribution in [0, 0.1) is 0 Å².